The minimum absolute atomic E-state index is 0.0672. The number of aldehydes is 1. The van der Waals surface area contributed by atoms with Crippen LogP contribution in [0.5, 0.6) is 5.75 Å². The molecule has 1 aromatic rings. The normalized spacial score (nSPS) is 9.92. The van der Waals surface area contributed by atoms with E-state index in [9.17, 15) is 9.90 Å². The van der Waals surface area contributed by atoms with Crippen LogP contribution >= 0.6 is 38.5 Å². The van der Waals surface area contributed by atoms with E-state index < -0.39 is 0 Å². The summed E-state index contributed by atoms with van der Waals surface area (Å²) in [5, 5.41) is 9.45. The Morgan fingerprint density at radius 1 is 1.67 bits per heavy atom. The van der Waals surface area contributed by atoms with Gasteiger partial charge >= 0.3 is 0 Å². The number of halogens is 2. The number of hydrogen-bond donors (Lipinski definition) is 1. The van der Waals surface area contributed by atoms with Gasteiger partial charge in [0.15, 0.2) is 6.29 Å². The summed E-state index contributed by atoms with van der Waals surface area (Å²) < 4.78 is 1.76. The van der Waals surface area contributed by atoms with Crippen molar-refractivity contribution in [2.24, 2.45) is 0 Å². The van der Waals surface area contributed by atoms with E-state index >= 15 is 0 Å². The summed E-state index contributed by atoms with van der Waals surface area (Å²) in [6, 6.07) is 1.61. The van der Waals surface area contributed by atoms with E-state index in [2.05, 4.69) is 38.5 Å². The third-order valence-electron chi connectivity index (χ3n) is 1.58. The molecule has 0 aromatic heterocycles. The Kier molecular flexibility index (Phi) is 3.11. The third-order valence-corrected chi connectivity index (χ3v) is 4.33. The molecular weight excluding hydrogens is 335 g/mol. The van der Waals surface area contributed by atoms with E-state index in [4.69, 9.17) is 0 Å². The fraction of sp³-hybridized carbons (Fsp3) is 0.125. The molecule has 1 N–H and O–H groups in total. The Balaban J connectivity index is 3.49. The van der Waals surface area contributed by atoms with Crippen molar-refractivity contribution in [2.45, 2.75) is 6.92 Å². The molecule has 0 aliphatic heterocycles. The molecule has 64 valence electrons. The maximum Gasteiger partial charge on any atom is 0.153 e. The SMILES string of the molecule is Cc1c(O)c(C=O)cc(Br)c1I. The van der Waals surface area contributed by atoms with E-state index in [0.29, 0.717) is 11.8 Å². The van der Waals surface area contributed by atoms with Crippen molar-refractivity contribution in [1.82, 2.24) is 0 Å². The first-order valence-electron chi connectivity index (χ1n) is 3.20. The van der Waals surface area contributed by atoms with Gasteiger partial charge in [0.2, 0.25) is 0 Å². The van der Waals surface area contributed by atoms with Gasteiger partial charge in [0, 0.05) is 13.6 Å². The van der Waals surface area contributed by atoms with Crippen LogP contribution in [0.1, 0.15) is 15.9 Å². The molecule has 0 saturated heterocycles. The van der Waals surface area contributed by atoms with Crippen LogP contribution in [0.2, 0.25) is 0 Å². The number of phenols is 1. The number of phenolic OH excluding ortho intramolecular Hbond substituents is 1. The van der Waals surface area contributed by atoms with Gasteiger partial charge in [-0.1, -0.05) is 0 Å². The minimum Gasteiger partial charge on any atom is -0.507 e. The predicted octanol–water partition coefficient (Wildman–Crippen LogP) is 2.88. The summed E-state index contributed by atoms with van der Waals surface area (Å²) in [5.41, 5.74) is 1.05. The summed E-state index contributed by atoms with van der Waals surface area (Å²) in [6.45, 7) is 1.77. The topological polar surface area (TPSA) is 37.3 Å². The monoisotopic (exact) mass is 340 g/mol. The molecule has 0 bridgehead atoms. The second kappa shape index (κ2) is 3.74. The molecule has 2 nitrogen and oxygen atoms in total. The van der Waals surface area contributed by atoms with E-state index in [1.54, 1.807) is 13.0 Å². The Morgan fingerprint density at radius 3 is 2.75 bits per heavy atom. The second-order valence-corrected chi connectivity index (χ2v) is 4.29. The first-order chi connectivity index (χ1) is 5.57. The van der Waals surface area contributed by atoms with Crippen LogP contribution in [0, 0.1) is 10.5 Å². The van der Waals surface area contributed by atoms with Crippen molar-refractivity contribution in [3.05, 3.63) is 25.2 Å². The number of rotatable bonds is 1. The lowest BCUT2D eigenvalue weighted by molar-refractivity contribution is 0.112. The van der Waals surface area contributed by atoms with Crippen LogP contribution in [0.15, 0.2) is 10.5 Å². The zero-order chi connectivity index (χ0) is 9.30. The zero-order valence-electron chi connectivity index (χ0n) is 6.27. The van der Waals surface area contributed by atoms with Crippen LogP contribution in [0.25, 0.3) is 0 Å². The predicted molar refractivity (Wildman–Crippen MR) is 58.6 cm³/mol. The van der Waals surface area contributed by atoms with Crippen molar-refractivity contribution in [3.8, 4) is 5.75 Å². The lowest BCUT2D eigenvalue weighted by Gasteiger charge is -2.05. The third kappa shape index (κ3) is 1.64. The van der Waals surface area contributed by atoms with Crippen LogP contribution in [0.4, 0.5) is 0 Å². The Morgan fingerprint density at radius 2 is 2.25 bits per heavy atom. The fourth-order valence-corrected chi connectivity index (χ4v) is 1.81. The molecule has 12 heavy (non-hydrogen) atoms. The highest BCUT2D eigenvalue weighted by Crippen LogP contribution is 2.31. The van der Waals surface area contributed by atoms with Crippen LogP contribution in [-0.2, 0) is 0 Å². The molecule has 0 spiro atoms. The largest absolute Gasteiger partial charge is 0.507 e. The first kappa shape index (κ1) is 9.98. The second-order valence-electron chi connectivity index (χ2n) is 2.35. The van der Waals surface area contributed by atoms with Crippen molar-refractivity contribution in [3.63, 3.8) is 0 Å². The maximum atomic E-state index is 10.5. The van der Waals surface area contributed by atoms with Crippen molar-refractivity contribution < 1.29 is 9.90 Å². The average Bonchev–Trinajstić information content (AvgIpc) is 2.08. The summed E-state index contributed by atoms with van der Waals surface area (Å²) in [7, 11) is 0. The number of carbonyl (C=O) groups is 1. The summed E-state index contributed by atoms with van der Waals surface area (Å²) in [6.07, 6.45) is 0.642. The molecule has 0 unspecified atom stereocenters. The maximum absolute atomic E-state index is 10.5. The van der Waals surface area contributed by atoms with Crippen molar-refractivity contribution in [2.75, 3.05) is 0 Å². The standard InChI is InChI=1S/C8H6BrIO2/c1-4-7(10)6(9)2-5(3-11)8(4)12/h2-3,12H,1H3. The molecule has 0 fully saturated rings. The lowest BCUT2D eigenvalue weighted by atomic mass is 10.1. The molecule has 0 radical (unpaired) electrons. The Bertz CT molecular complexity index is 336. The first-order valence-corrected chi connectivity index (χ1v) is 5.08. The van der Waals surface area contributed by atoms with Crippen molar-refractivity contribution in [1.29, 1.82) is 0 Å². The van der Waals surface area contributed by atoms with Gasteiger partial charge in [0.1, 0.15) is 5.75 Å². The molecule has 1 aromatic carbocycles. The summed E-state index contributed by atoms with van der Waals surface area (Å²) >= 11 is 5.40. The van der Waals surface area contributed by atoms with Gasteiger partial charge in [-0.3, -0.25) is 4.79 Å². The quantitative estimate of drug-likeness (QED) is 0.630. The molecule has 4 heteroatoms. The number of aromatic hydroxyl groups is 1. The summed E-state index contributed by atoms with van der Waals surface area (Å²) in [4.78, 5) is 10.5. The highest BCUT2D eigenvalue weighted by molar-refractivity contribution is 14.1. The highest BCUT2D eigenvalue weighted by Gasteiger charge is 2.10. The zero-order valence-corrected chi connectivity index (χ0v) is 10.0. The fourth-order valence-electron chi connectivity index (χ4n) is 0.858. The summed E-state index contributed by atoms with van der Waals surface area (Å²) in [5.74, 6) is 0.0672. The van der Waals surface area contributed by atoms with Crippen LogP contribution in [0.3, 0.4) is 0 Å². The molecule has 0 saturated carbocycles. The molecule has 0 amide bonds. The Hall–Kier alpha value is -0.100. The van der Waals surface area contributed by atoms with Gasteiger partial charge in [-0.05, 0) is 51.5 Å². The molecule has 0 atom stereocenters. The number of benzene rings is 1. The number of hydrogen-bond acceptors (Lipinski definition) is 2. The van der Waals surface area contributed by atoms with Gasteiger partial charge in [-0.15, -0.1) is 0 Å². The average molecular weight is 341 g/mol. The van der Waals surface area contributed by atoms with Gasteiger partial charge in [-0.25, -0.2) is 0 Å². The van der Waals surface area contributed by atoms with Gasteiger partial charge in [0.25, 0.3) is 0 Å². The minimum atomic E-state index is 0.0672. The van der Waals surface area contributed by atoms with Gasteiger partial charge < -0.3 is 5.11 Å². The van der Waals surface area contributed by atoms with Gasteiger partial charge in [0.05, 0.1) is 5.56 Å². The lowest BCUT2D eigenvalue weighted by Crippen LogP contribution is -1.89. The van der Waals surface area contributed by atoms with Crippen LogP contribution in [-0.4, -0.2) is 11.4 Å². The molecule has 0 heterocycles. The van der Waals surface area contributed by atoms with Crippen LogP contribution < -0.4 is 0 Å². The molecular formula is C8H6BrIO2. The molecule has 1 rings (SSSR count). The van der Waals surface area contributed by atoms with E-state index in [0.717, 1.165) is 13.6 Å². The van der Waals surface area contributed by atoms with Crippen molar-refractivity contribution >= 4 is 44.8 Å². The Labute approximate surface area is 92.2 Å². The molecule has 0 aliphatic rings. The highest BCUT2D eigenvalue weighted by atomic mass is 127. The van der Waals surface area contributed by atoms with Gasteiger partial charge in [-0.2, -0.15) is 0 Å². The van der Waals surface area contributed by atoms with E-state index in [1.165, 1.54) is 0 Å². The molecule has 0 aliphatic carbocycles. The smallest absolute Gasteiger partial charge is 0.153 e. The van der Waals surface area contributed by atoms with E-state index in [1.807, 2.05) is 0 Å². The van der Waals surface area contributed by atoms with E-state index in [-0.39, 0.29) is 5.75 Å². The number of carbonyl (C=O) groups excluding carboxylic acids is 1.